The molecule has 0 fully saturated rings. The molecule has 0 bridgehead atoms. The van der Waals surface area contributed by atoms with Crippen molar-refractivity contribution in [1.29, 1.82) is 0 Å². The smallest absolute Gasteiger partial charge is 0.338 e. The third kappa shape index (κ3) is 6.75. The van der Waals surface area contributed by atoms with E-state index in [0.717, 1.165) is 16.3 Å². The molecule has 41 heavy (non-hydrogen) atoms. The lowest BCUT2D eigenvalue weighted by atomic mass is 9.95. The van der Waals surface area contributed by atoms with E-state index in [4.69, 9.17) is 18.9 Å². The van der Waals surface area contributed by atoms with Crippen molar-refractivity contribution < 1.29 is 33.3 Å². The molecule has 0 unspecified atom stereocenters. The normalized spacial score (nSPS) is 14.8. The number of allylic oxidation sites excluding steroid dienone is 1. The molecule has 11 heteroatoms. The fourth-order valence-corrected chi connectivity index (χ4v) is 4.44. The summed E-state index contributed by atoms with van der Waals surface area (Å²) in [6, 6.07) is 15.3. The van der Waals surface area contributed by atoms with Gasteiger partial charge < -0.3 is 29.6 Å². The molecular weight excluding hydrogens is 528 g/mol. The first-order chi connectivity index (χ1) is 19.9. The molecule has 0 saturated heterocycles. The maximum atomic E-state index is 12.6. The van der Waals surface area contributed by atoms with Crippen molar-refractivity contribution in [1.82, 2.24) is 16.1 Å². The highest BCUT2D eigenvalue weighted by Crippen LogP contribution is 2.34. The molecule has 1 aliphatic heterocycles. The van der Waals surface area contributed by atoms with Crippen molar-refractivity contribution in [3.8, 4) is 17.2 Å². The van der Waals surface area contributed by atoms with Crippen LogP contribution in [0.25, 0.3) is 10.8 Å². The number of esters is 1. The number of benzene rings is 3. The summed E-state index contributed by atoms with van der Waals surface area (Å²) < 4.78 is 22.1. The SMILES string of the molecule is CCOC(=O)C1=C(C)NC(=O)N[C@H]1c1ccc(OCC(=O)N/N=C\c2c(OCC)ccc3ccccc23)c(OC)c1. The number of rotatable bonds is 11. The summed E-state index contributed by atoms with van der Waals surface area (Å²) in [6.45, 7) is 5.58. The summed E-state index contributed by atoms with van der Waals surface area (Å²) in [4.78, 5) is 37.3. The highest BCUT2D eigenvalue weighted by molar-refractivity contribution is 6.02. The van der Waals surface area contributed by atoms with Crippen molar-refractivity contribution in [3.05, 3.63) is 77.0 Å². The van der Waals surface area contributed by atoms with Gasteiger partial charge in [0.05, 0.1) is 38.2 Å². The third-order valence-electron chi connectivity index (χ3n) is 6.26. The highest BCUT2D eigenvalue weighted by atomic mass is 16.5. The molecular formula is C30H32N4O7. The van der Waals surface area contributed by atoms with Gasteiger partial charge in [0.15, 0.2) is 18.1 Å². The van der Waals surface area contributed by atoms with Gasteiger partial charge in [-0.3, -0.25) is 4.79 Å². The lowest BCUT2D eigenvalue weighted by Crippen LogP contribution is -2.45. The van der Waals surface area contributed by atoms with Crippen LogP contribution in [0, 0.1) is 0 Å². The number of hydrogen-bond acceptors (Lipinski definition) is 8. The van der Waals surface area contributed by atoms with Crippen LogP contribution in [0.5, 0.6) is 17.2 Å². The lowest BCUT2D eigenvalue weighted by molar-refractivity contribution is -0.139. The second-order valence-corrected chi connectivity index (χ2v) is 8.91. The van der Waals surface area contributed by atoms with Crippen molar-refractivity contribution in [2.75, 3.05) is 26.9 Å². The number of methoxy groups -OCH3 is 1. The molecule has 214 valence electrons. The van der Waals surface area contributed by atoms with E-state index in [1.54, 1.807) is 38.3 Å². The Hall–Kier alpha value is -5.06. The molecule has 0 spiro atoms. The number of ether oxygens (including phenoxy) is 4. The summed E-state index contributed by atoms with van der Waals surface area (Å²) >= 11 is 0. The topological polar surface area (TPSA) is 137 Å². The van der Waals surface area contributed by atoms with Gasteiger partial charge in [-0.05, 0) is 55.3 Å². The fraction of sp³-hybridized carbons (Fsp3) is 0.267. The maximum absolute atomic E-state index is 12.6. The zero-order valence-electron chi connectivity index (χ0n) is 23.3. The zero-order valence-corrected chi connectivity index (χ0v) is 23.3. The van der Waals surface area contributed by atoms with Crippen molar-refractivity contribution in [2.24, 2.45) is 5.10 Å². The monoisotopic (exact) mass is 560 g/mol. The van der Waals surface area contributed by atoms with Crippen LogP contribution in [0.1, 0.15) is 37.9 Å². The molecule has 0 aromatic heterocycles. The number of fused-ring (bicyclic) bond motifs is 1. The summed E-state index contributed by atoms with van der Waals surface area (Å²) in [6.07, 6.45) is 1.55. The van der Waals surface area contributed by atoms with Gasteiger partial charge in [0.2, 0.25) is 0 Å². The summed E-state index contributed by atoms with van der Waals surface area (Å²) in [5.74, 6) is 0.230. The van der Waals surface area contributed by atoms with Gasteiger partial charge in [0.1, 0.15) is 5.75 Å². The number of carbonyl (C=O) groups is 3. The number of nitrogens with zero attached hydrogens (tertiary/aromatic N) is 1. The van der Waals surface area contributed by atoms with E-state index >= 15 is 0 Å². The van der Waals surface area contributed by atoms with Gasteiger partial charge in [-0.25, -0.2) is 15.0 Å². The molecule has 11 nitrogen and oxygen atoms in total. The van der Waals surface area contributed by atoms with Crippen LogP contribution in [-0.2, 0) is 14.3 Å². The average molecular weight is 561 g/mol. The van der Waals surface area contributed by atoms with Crippen LogP contribution in [0.4, 0.5) is 4.79 Å². The average Bonchev–Trinajstić information content (AvgIpc) is 2.96. The molecule has 4 rings (SSSR count). The van der Waals surface area contributed by atoms with Crippen molar-refractivity contribution in [2.45, 2.75) is 26.8 Å². The number of hydrazone groups is 1. The Morgan fingerprint density at radius 1 is 1.00 bits per heavy atom. The van der Waals surface area contributed by atoms with Gasteiger partial charge >= 0.3 is 12.0 Å². The Kier molecular flexibility index (Phi) is 9.41. The first kappa shape index (κ1) is 28.9. The largest absolute Gasteiger partial charge is 0.493 e. The maximum Gasteiger partial charge on any atom is 0.338 e. The number of urea groups is 1. The number of nitrogens with one attached hydrogen (secondary N) is 3. The first-order valence-electron chi connectivity index (χ1n) is 13.1. The molecule has 3 amide bonds. The van der Waals surface area contributed by atoms with Crippen molar-refractivity contribution >= 4 is 34.9 Å². The Balaban J connectivity index is 1.45. The summed E-state index contributed by atoms with van der Waals surface area (Å²) in [5, 5.41) is 11.4. The number of amides is 3. The summed E-state index contributed by atoms with van der Waals surface area (Å²) in [5.41, 5.74) is 4.46. The van der Waals surface area contributed by atoms with E-state index in [1.807, 2.05) is 43.3 Å². The van der Waals surface area contributed by atoms with E-state index in [2.05, 4.69) is 21.2 Å². The molecule has 3 aromatic rings. The van der Waals surface area contributed by atoms with Crippen LogP contribution >= 0.6 is 0 Å². The minimum absolute atomic E-state index is 0.189. The van der Waals surface area contributed by atoms with E-state index in [0.29, 0.717) is 35.1 Å². The molecule has 0 saturated carbocycles. The minimum atomic E-state index is -0.765. The van der Waals surface area contributed by atoms with Gasteiger partial charge in [0, 0.05) is 11.3 Å². The minimum Gasteiger partial charge on any atom is -0.493 e. The molecule has 3 N–H and O–H groups in total. The standard InChI is InChI=1S/C30H32N4O7/c1-5-39-23-13-11-19-9-7-8-10-21(19)22(23)16-31-34-26(35)17-41-24-14-12-20(15-25(24)38-4)28-27(29(36)40-6-2)18(3)32-30(37)33-28/h7-16,28H,5-6,17H2,1-4H3,(H,34,35)(H2,32,33,37)/b31-16-/t28-/m0/s1. The second kappa shape index (κ2) is 13.3. The van der Waals surface area contributed by atoms with E-state index in [-0.39, 0.29) is 18.8 Å². The lowest BCUT2D eigenvalue weighted by Gasteiger charge is -2.28. The molecule has 3 aromatic carbocycles. The van der Waals surface area contributed by atoms with Gasteiger partial charge in [-0.15, -0.1) is 0 Å². The molecule has 1 atom stereocenters. The van der Waals surface area contributed by atoms with Crippen LogP contribution in [0.3, 0.4) is 0 Å². The second-order valence-electron chi connectivity index (χ2n) is 8.91. The van der Waals surface area contributed by atoms with Gasteiger partial charge in [-0.1, -0.05) is 36.4 Å². The highest BCUT2D eigenvalue weighted by Gasteiger charge is 2.32. The van der Waals surface area contributed by atoms with Crippen LogP contribution < -0.4 is 30.3 Å². The number of hydrogen-bond donors (Lipinski definition) is 3. The first-order valence-corrected chi connectivity index (χ1v) is 13.1. The van der Waals surface area contributed by atoms with E-state index in [1.165, 1.54) is 7.11 Å². The molecule has 0 aliphatic carbocycles. The van der Waals surface area contributed by atoms with Crippen LogP contribution in [0.15, 0.2) is 71.0 Å². The van der Waals surface area contributed by atoms with E-state index in [9.17, 15) is 14.4 Å². The quantitative estimate of drug-likeness (QED) is 0.183. The Morgan fingerprint density at radius 3 is 2.54 bits per heavy atom. The molecule has 0 radical (unpaired) electrons. The predicted molar refractivity (Wildman–Crippen MR) is 153 cm³/mol. The number of carbonyl (C=O) groups excluding carboxylic acids is 3. The van der Waals surface area contributed by atoms with Crippen LogP contribution in [-0.4, -0.2) is 51.1 Å². The summed E-state index contributed by atoms with van der Waals surface area (Å²) in [7, 11) is 1.45. The van der Waals surface area contributed by atoms with Crippen molar-refractivity contribution in [3.63, 3.8) is 0 Å². The third-order valence-corrected chi connectivity index (χ3v) is 6.26. The van der Waals surface area contributed by atoms with Crippen LogP contribution in [0.2, 0.25) is 0 Å². The van der Waals surface area contributed by atoms with E-state index < -0.39 is 23.9 Å². The zero-order chi connectivity index (χ0) is 29.4. The Labute approximate surface area is 237 Å². The predicted octanol–water partition coefficient (Wildman–Crippen LogP) is 3.97. The Bertz CT molecular complexity index is 1520. The fourth-order valence-electron chi connectivity index (χ4n) is 4.44. The van der Waals surface area contributed by atoms with Gasteiger partial charge in [-0.2, -0.15) is 5.10 Å². The van der Waals surface area contributed by atoms with Gasteiger partial charge in [0.25, 0.3) is 5.91 Å². The molecule has 1 aliphatic rings. The Morgan fingerprint density at radius 2 is 1.78 bits per heavy atom. The molecule has 1 heterocycles.